The molecule has 0 aliphatic carbocycles. The molecule has 2 aromatic rings. The molecule has 0 fully saturated rings. The Morgan fingerprint density at radius 3 is 2.75 bits per heavy atom. The van der Waals surface area contributed by atoms with Crippen LogP contribution in [0.5, 0.6) is 0 Å². The van der Waals surface area contributed by atoms with Crippen molar-refractivity contribution >= 4 is 17.3 Å². The third-order valence-electron chi connectivity index (χ3n) is 3.55. The maximum absolute atomic E-state index is 14.2. The zero-order chi connectivity index (χ0) is 14.1. The molecule has 1 heterocycles. The topological polar surface area (TPSA) is 40.5 Å². The standard InChI is InChI=1S/C16H14FNO2/c17-13-9-11(10-16(19)20)5-6-15(13)18-8-7-12-3-1-2-4-14(12)18/h1-6,9H,7-8,10H2,(H,19,20). The minimum absolute atomic E-state index is 0.159. The zero-order valence-electron chi connectivity index (χ0n) is 10.8. The summed E-state index contributed by atoms with van der Waals surface area (Å²) in [4.78, 5) is 12.6. The largest absolute Gasteiger partial charge is 0.481 e. The lowest BCUT2D eigenvalue weighted by Crippen LogP contribution is -2.15. The van der Waals surface area contributed by atoms with Crippen LogP contribution in [0, 0.1) is 5.82 Å². The summed E-state index contributed by atoms with van der Waals surface area (Å²) < 4.78 is 14.2. The van der Waals surface area contributed by atoms with Crippen molar-refractivity contribution in [2.45, 2.75) is 12.8 Å². The number of para-hydroxylation sites is 1. The van der Waals surface area contributed by atoms with Gasteiger partial charge in [0.05, 0.1) is 12.1 Å². The molecule has 1 aliphatic rings. The van der Waals surface area contributed by atoms with Gasteiger partial charge in [0.1, 0.15) is 5.82 Å². The highest BCUT2D eigenvalue weighted by Gasteiger charge is 2.22. The van der Waals surface area contributed by atoms with E-state index in [2.05, 4.69) is 0 Å². The van der Waals surface area contributed by atoms with Crippen LogP contribution in [-0.2, 0) is 17.6 Å². The Kier molecular flexibility index (Phi) is 3.14. The van der Waals surface area contributed by atoms with Crippen molar-refractivity contribution < 1.29 is 14.3 Å². The molecule has 4 heteroatoms. The molecule has 0 atom stereocenters. The molecule has 2 aromatic carbocycles. The molecular weight excluding hydrogens is 257 g/mol. The predicted molar refractivity (Wildman–Crippen MR) is 74.9 cm³/mol. The van der Waals surface area contributed by atoms with E-state index >= 15 is 0 Å². The Morgan fingerprint density at radius 1 is 1.20 bits per heavy atom. The van der Waals surface area contributed by atoms with Crippen LogP contribution in [0.1, 0.15) is 11.1 Å². The minimum atomic E-state index is -0.955. The van der Waals surface area contributed by atoms with Crippen LogP contribution < -0.4 is 4.90 Å². The number of carboxylic acids is 1. The van der Waals surface area contributed by atoms with Gasteiger partial charge in [-0.2, -0.15) is 0 Å². The third kappa shape index (κ3) is 2.25. The van der Waals surface area contributed by atoms with Gasteiger partial charge >= 0.3 is 5.97 Å². The van der Waals surface area contributed by atoms with Crippen molar-refractivity contribution in [2.75, 3.05) is 11.4 Å². The third-order valence-corrected chi connectivity index (χ3v) is 3.55. The second-order valence-corrected chi connectivity index (χ2v) is 4.89. The number of hydrogen-bond acceptors (Lipinski definition) is 2. The fourth-order valence-corrected chi connectivity index (χ4v) is 2.64. The van der Waals surface area contributed by atoms with Crippen molar-refractivity contribution in [3.8, 4) is 0 Å². The average molecular weight is 271 g/mol. The van der Waals surface area contributed by atoms with E-state index in [0.29, 0.717) is 11.3 Å². The van der Waals surface area contributed by atoms with Gasteiger partial charge < -0.3 is 10.0 Å². The van der Waals surface area contributed by atoms with Crippen molar-refractivity contribution in [1.29, 1.82) is 0 Å². The molecule has 102 valence electrons. The lowest BCUT2D eigenvalue weighted by molar-refractivity contribution is -0.136. The van der Waals surface area contributed by atoms with E-state index in [0.717, 1.165) is 18.7 Å². The molecule has 0 bridgehead atoms. The number of carbonyl (C=O) groups is 1. The Balaban J connectivity index is 1.94. The van der Waals surface area contributed by atoms with Gasteiger partial charge in [-0.1, -0.05) is 24.3 Å². The molecule has 0 unspecified atom stereocenters. The predicted octanol–water partition coefficient (Wildman–Crippen LogP) is 3.15. The van der Waals surface area contributed by atoms with Gasteiger partial charge in [-0.15, -0.1) is 0 Å². The van der Waals surface area contributed by atoms with E-state index < -0.39 is 5.97 Å². The molecule has 3 rings (SSSR count). The molecule has 0 radical (unpaired) electrons. The monoisotopic (exact) mass is 271 g/mol. The second kappa shape index (κ2) is 4.96. The molecule has 1 aliphatic heterocycles. The molecule has 20 heavy (non-hydrogen) atoms. The van der Waals surface area contributed by atoms with Gasteiger partial charge in [-0.05, 0) is 35.7 Å². The van der Waals surface area contributed by atoms with Gasteiger partial charge in [-0.25, -0.2) is 4.39 Å². The lowest BCUT2D eigenvalue weighted by atomic mass is 10.1. The summed E-state index contributed by atoms with van der Waals surface area (Å²) in [6.45, 7) is 0.745. The molecule has 0 spiro atoms. The number of hydrogen-bond donors (Lipinski definition) is 1. The van der Waals surface area contributed by atoms with Crippen molar-refractivity contribution in [3.05, 3.63) is 59.4 Å². The SMILES string of the molecule is O=C(O)Cc1ccc(N2CCc3ccccc32)c(F)c1. The number of anilines is 2. The summed E-state index contributed by atoms with van der Waals surface area (Å²) >= 11 is 0. The van der Waals surface area contributed by atoms with Crippen LogP contribution in [0.15, 0.2) is 42.5 Å². The number of benzene rings is 2. The van der Waals surface area contributed by atoms with Crippen LogP contribution in [0.25, 0.3) is 0 Å². The van der Waals surface area contributed by atoms with E-state index in [1.165, 1.54) is 11.6 Å². The maximum atomic E-state index is 14.2. The molecule has 0 saturated heterocycles. The Morgan fingerprint density at radius 2 is 2.00 bits per heavy atom. The number of carboxylic acid groups (broad SMARTS) is 1. The first-order valence-electron chi connectivity index (χ1n) is 6.51. The minimum Gasteiger partial charge on any atom is -0.481 e. The van der Waals surface area contributed by atoms with E-state index in [9.17, 15) is 9.18 Å². The molecule has 1 N–H and O–H groups in total. The number of fused-ring (bicyclic) bond motifs is 1. The molecule has 0 aromatic heterocycles. The first kappa shape index (κ1) is 12.7. The van der Waals surface area contributed by atoms with Crippen molar-refractivity contribution in [1.82, 2.24) is 0 Å². The number of rotatable bonds is 3. The first-order valence-corrected chi connectivity index (χ1v) is 6.51. The molecule has 0 amide bonds. The molecule has 3 nitrogen and oxygen atoms in total. The van der Waals surface area contributed by atoms with E-state index in [4.69, 9.17) is 5.11 Å². The highest BCUT2D eigenvalue weighted by Crippen LogP contribution is 2.35. The highest BCUT2D eigenvalue weighted by molar-refractivity contribution is 5.72. The van der Waals surface area contributed by atoms with Crippen molar-refractivity contribution in [3.63, 3.8) is 0 Å². The number of halogens is 1. The summed E-state index contributed by atoms with van der Waals surface area (Å²) in [6.07, 6.45) is 0.736. The van der Waals surface area contributed by atoms with Gasteiger partial charge in [0.15, 0.2) is 0 Å². The molecular formula is C16H14FNO2. The Labute approximate surface area is 116 Å². The quantitative estimate of drug-likeness (QED) is 0.932. The summed E-state index contributed by atoms with van der Waals surface area (Å²) in [7, 11) is 0. The van der Waals surface area contributed by atoms with Crippen LogP contribution in [0.4, 0.5) is 15.8 Å². The fourth-order valence-electron chi connectivity index (χ4n) is 2.64. The average Bonchev–Trinajstić information content (AvgIpc) is 2.82. The van der Waals surface area contributed by atoms with Gasteiger partial charge in [-0.3, -0.25) is 4.79 Å². The second-order valence-electron chi connectivity index (χ2n) is 4.89. The van der Waals surface area contributed by atoms with Gasteiger partial charge in [0.25, 0.3) is 0 Å². The normalized spacial score (nSPS) is 13.3. The van der Waals surface area contributed by atoms with Gasteiger partial charge in [0, 0.05) is 12.2 Å². The zero-order valence-corrected chi connectivity index (χ0v) is 10.8. The number of aliphatic carboxylic acids is 1. The van der Waals surface area contributed by atoms with Crippen LogP contribution in [-0.4, -0.2) is 17.6 Å². The lowest BCUT2D eigenvalue weighted by Gasteiger charge is -2.20. The van der Waals surface area contributed by atoms with E-state index in [-0.39, 0.29) is 12.2 Å². The van der Waals surface area contributed by atoms with Crippen LogP contribution >= 0.6 is 0 Å². The summed E-state index contributed by atoms with van der Waals surface area (Å²) in [6, 6.07) is 12.6. The molecule has 0 saturated carbocycles. The highest BCUT2D eigenvalue weighted by atomic mass is 19.1. The number of nitrogens with zero attached hydrogens (tertiary/aromatic N) is 1. The van der Waals surface area contributed by atoms with E-state index in [1.54, 1.807) is 12.1 Å². The van der Waals surface area contributed by atoms with Gasteiger partial charge in [0.2, 0.25) is 0 Å². The summed E-state index contributed by atoms with van der Waals surface area (Å²) in [5, 5.41) is 8.74. The summed E-state index contributed by atoms with van der Waals surface area (Å²) in [5.41, 5.74) is 3.22. The maximum Gasteiger partial charge on any atom is 0.307 e. The van der Waals surface area contributed by atoms with E-state index in [1.807, 2.05) is 29.2 Å². The smallest absolute Gasteiger partial charge is 0.307 e. The van der Waals surface area contributed by atoms with Crippen molar-refractivity contribution in [2.24, 2.45) is 0 Å². The first-order chi connectivity index (χ1) is 9.65. The fraction of sp³-hybridized carbons (Fsp3) is 0.188. The Bertz CT molecular complexity index is 669. The summed E-state index contributed by atoms with van der Waals surface area (Å²) in [5.74, 6) is -1.33. The van der Waals surface area contributed by atoms with Crippen LogP contribution in [0.3, 0.4) is 0 Å². The Hall–Kier alpha value is -2.36. The van der Waals surface area contributed by atoms with Crippen LogP contribution in [0.2, 0.25) is 0 Å².